The summed E-state index contributed by atoms with van der Waals surface area (Å²) in [5.41, 5.74) is 4.55. The second kappa shape index (κ2) is 6.68. The second-order valence-electron chi connectivity index (χ2n) is 6.53. The van der Waals surface area contributed by atoms with Gasteiger partial charge in [0.1, 0.15) is 0 Å². The molecule has 2 N–H and O–H groups in total. The van der Waals surface area contributed by atoms with Crippen LogP contribution in [0.3, 0.4) is 0 Å². The fourth-order valence-electron chi connectivity index (χ4n) is 3.96. The predicted molar refractivity (Wildman–Crippen MR) is 109 cm³/mol. The van der Waals surface area contributed by atoms with Crippen LogP contribution in [0.1, 0.15) is 41.1 Å². The first-order valence-corrected chi connectivity index (χ1v) is 12.3. The standard InChI is InChI=1S/C17H18IN4O2P/c1-9-5-6-14-12(8-19-22(14)25-18)15(9)10-3-2-4-11-13(7-10)20-17(24)21-16(11)23/h5-6,8,10,25H,2-4,7H2,1H3,(H2,20,21,23,24). The molecule has 25 heavy (non-hydrogen) atoms. The van der Waals surface area contributed by atoms with Gasteiger partial charge in [0.25, 0.3) is 5.56 Å². The van der Waals surface area contributed by atoms with Gasteiger partial charge < -0.3 is 4.98 Å². The van der Waals surface area contributed by atoms with Crippen molar-refractivity contribution < 1.29 is 0 Å². The van der Waals surface area contributed by atoms with E-state index in [1.165, 1.54) is 16.5 Å². The third-order valence-electron chi connectivity index (χ3n) is 5.06. The molecular weight excluding hydrogens is 450 g/mol. The predicted octanol–water partition coefficient (Wildman–Crippen LogP) is 3.18. The molecule has 4 rings (SSSR count). The van der Waals surface area contributed by atoms with Crippen molar-refractivity contribution in [2.75, 3.05) is 0 Å². The minimum Gasteiger partial charge on any atom is -0.311 e. The third kappa shape index (κ3) is 2.97. The van der Waals surface area contributed by atoms with Crippen LogP contribution >= 0.6 is 28.4 Å². The Labute approximate surface area is 158 Å². The van der Waals surface area contributed by atoms with E-state index >= 15 is 0 Å². The molecule has 2 unspecified atom stereocenters. The van der Waals surface area contributed by atoms with E-state index < -0.39 is 5.69 Å². The molecule has 2 aromatic heterocycles. The van der Waals surface area contributed by atoms with Gasteiger partial charge in [-0.1, -0.05) is 6.07 Å². The summed E-state index contributed by atoms with van der Waals surface area (Å²) in [5, 5.41) is 5.70. The lowest BCUT2D eigenvalue weighted by Crippen LogP contribution is -2.28. The van der Waals surface area contributed by atoms with Crippen LogP contribution in [0.4, 0.5) is 0 Å². The molecule has 1 aromatic carbocycles. The maximum atomic E-state index is 12.1. The van der Waals surface area contributed by atoms with E-state index in [9.17, 15) is 9.59 Å². The Hall–Kier alpha value is -1.47. The van der Waals surface area contributed by atoms with E-state index in [1.54, 1.807) is 0 Å². The minimum absolute atomic E-state index is 0.242. The van der Waals surface area contributed by atoms with E-state index in [0.717, 1.165) is 29.6 Å². The molecule has 2 heterocycles. The lowest BCUT2D eigenvalue weighted by molar-refractivity contribution is 0.609. The number of fused-ring (bicyclic) bond motifs is 2. The Kier molecular flexibility index (Phi) is 4.54. The van der Waals surface area contributed by atoms with E-state index in [0.29, 0.717) is 19.2 Å². The van der Waals surface area contributed by atoms with Crippen molar-refractivity contribution in [1.29, 1.82) is 0 Å². The smallest absolute Gasteiger partial charge is 0.311 e. The molecule has 8 heteroatoms. The molecule has 0 bridgehead atoms. The van der Waals surface area contributed by atoms with Gasteiger partial charge in [-0.05, 0) is 77.8 Å². The summed E-state index contributed by atoms with van der Waals surface area (Å²) in [6.45, 7) is 2.13. The molecule has 130 valence electrons. The SMILES string of the molecule is Cc1ccc2c(cnn2PI)c1C1CCCc2c([nH]c(=O)[nH]c2=O)C1. The minimum atomic E-state index is -0.418. The molecule has 1 aliphatic carbocycles. The Balaban J connectivity index is 1.86. The van der Waals surface area contributed by atoms with Gasteiger partial charge in [0.15, 0.2) is 0 Å². The molecule has 0 fully saturated rings. The van der Waals surface area contributed by atoms with E-state index in [1.807, 2.05) is 10.6 Å². The van der Waals surface area contributed by atoms with Crippen LogP contribution in [-0.2, 0) is 12.8 Å². The number of aromatic amines is 2. The summed E-state index contributed by atoms with van der Waals surface area (Å²) in [4.78, 5) is 29.0. The van der Waals surface area contributed by atoms with Crippen LogP contribution < -0.4 is 11.2 Å². The number of aryl methyl sites for hydroxylation is 1. The molecular formula is C17H18IN4O2P. The lowest BCUT2D eigenvalue weighted by Gasteiger charge is -2.19. The highest BCUT2D eigenvalue weighted by molar-refractivity contribution is 14.2. The van der Waals surface area contributed by atoms with Gasteiger partial charge >= 0.3 is 5.69 Å². The average molecular weight is 468 g/mol. The van der Waals surface area contributed by atoms with Crippen molar-refractivity contribution in [2.45, 2.75) is 38.5 Å². The molecule has 0 saturated heterocycles. The van der Waals surface area contributed by atoms with Crippen molar-refractivity contribution in [3.8, 4) is 0 Å². The highest BCUT2D eigenvalue weighted by Crippen LogP contribution is 2.38. The summed E-state index contributed by atoms with van der Waals surface area (Å²) < 4.78 is 2.02. The molecule has 3 aromatic rings. The zero-order chi connectivity index (χ0) is 17.6. The molecule has 2 atom stereocenters. The summed E-state index contributed by atoms with van der Waals surface area (Å²) in [5.74, 6) is 0.276. The maximum absolute atomic E-state index is 12.1. The van der Waals surface area contributed by atoms with Crippen molar-refractivity contribution in [3.63, 3.8) is 0 Å². The van der Waals surface area contributed by atoms with Crippen molar-refractivity contribution in [2.24, 2.45) is 0 Å². The summed E-state index contributed by atoms with van der Waals surface area (Å²) >= 11 is 2.34. The third-order valence-corrected chi connectivity index (χ3v) is 6.95. The highest BCUT2D eigenvalue weighted by atomic mass is 127. The van der Waals surface area contributed by atoms with E-state index in [2.05, 4.69) is 56.2 Å². The number of rotatable bonds is 2. The molecule has 1 aliphatic rings. The first-order valence-electron chi connectivity index (χ1n) is 8.26. The number of H-pyrrole nitrogens is 2. The number of nitrogens with one attached hydrogen (secondary N) is 2. The summed E-state index contributed by atoms with van der Waals surface area (Å²) in [6.07, 6.45) is 5.84. The lowest BCUT2D eigenvalue weighted by atomic mass is 9.86. The molecule has 6 nitrogen and oxygen atoms in total. The van der Waals surface area contributed by atoms with Gasteiger partial charge in [-0.15, -0.1) is 0 Å². The van der Waals surface area contributed by atoms with Gasteiger partial charge in [-0.3, -0.25) is 9.78 Å². The number of nitrogens with zero attached hydrogens (tertiary/aromatic N) is 2. The summed E-state index contributed by atoms with van der Waals surface area (Å²) in [7, 11) is 0. The van der Waals surface area contributed by atoms with Crippen LogP contribution in [0.15, 0.2) is 27.9 Å². The highest BCUT2D eigenvalue weighted by Gasteiger charge is 2.24. The summed E-state index contributed by atoms with van der Waals surface area (Å²) in [6, 6.07) is 4.28. The quantitative estimate of drug-likeness (QED) is 0.345. The number of hydrogen-bond acceptors (Lipinski definition) is 3. The first kappa shape index (κ1) is 17.0. The van der Waals surface area contributed by atoms with Crippen LogP contribution in [-0.4, -0.2) is 19.5 Å². The van der Waals surface area contributed by atoms with E-state index in [-0.39, 0.29) is 11.5 Å². The fourth-order valence-corrected chi connectivity index (χ4v) is 5.50. The van der Waals surface area contributed by atoms with Crippen molar-refractivity contribution in [3.05, 3.63) is 61.6 Å². The van der Waals surface area contributed by atoms with Gasteiger partial charge in [0.2, 0.25) is 0 Å². The average Bonchev–Trinajstić information content (AvgIpc) is 2.87. The van der Waals surface area contributed by atoms with Crippen LogP contribution in [0.25, 0.3) is 10.9 Å². The molecule has 0 saturated carbocycles. The Morgan fingerprint density at radius 2 is 2.16 bits per heavy atom. The van der Waals surface area contributed by atoms with E-state index in [4.69, 9.17) is 0 Å². The fraction of sp³-hybridized carbons (Fsp3) is 0.353. The van der Waals surface area contributed by atoms with Crippen LogP contribution in [0.2, 0.25) is 0 Å². The Morgan fingerprint density at radius 1 is 1.32 bits per heavy atom. The van der Waals surface area contributed by atoms with Gasteiger partial charge in [0.05, 0.1) is 18.1 Å². The number of hydrogen-bond donors (Lipinski definition) is 2. The number of benzene rings is 1. The van der Waals surface area contributed by atoms with Crippen molar-refractivity contribution >= 4 is 39.3 Å². The molecule has 0 radical (unpaired) electrons. The van der Waals surface area contributed by atoms with Crippen molar-refractivity contribution in [1.82, 2.24) is 19.5 Å². The molecule has 0 amide bonds. The zero-order valence-corrected chi connectivity index (χ0v) is 16.9. The zero-order valence-electron chi connectivity index (χ0n) is 13.7. The van der Waals surface area contributed by atoms with Gasteiger partial charge in [-0.2, -0.15) is 5.10 Å². The monoisotopic (exact) mass is 468 g/mol. The molecule has 0 aliphatic heterocycles. The largest absolute Gasteiger partial charge is 0.325 e. The topological polar surface area (TPSA) is 83.5 Å². The number of halogens is 1. The van der Waals surface area contributed by atoms with Gasteiger partial charge in [-0.25, -0.2) is 9.25 Å². The second-order valence-corrected chi connectivity index (χ2v) is 8.57. The molecule has 0 spiro atoms. The Morgan fingerprint density at radius 3 is 2.96 bits per heavy atom. The number of aromatic nitrogens is 4. The first-order chi connectivity index (χ1) is 12.1. The Bertz CT molecular complexity index is 1070. The maximum Gasteiger partial charge on any atom is 0.325 e. The van der Waals surface area contributed by atoms with Crippen LogP contribution in [0.5, 0.6) is 0 Å². The van der Waals surface area contributed by atoms with Crippen LogP contribution in [0, 0.1) is 6.92 Å². The van der Waals surface area contributed by atoms with Gasteiger partial charge in [0, 0.05) is 16.6 Å². The normalized spacial score (nSPS) is 17.9.